The first kappa shape index (κ1) is 23.7. The van der Waals surface area contributed by atoms with Crippen molar-refractivity contribution in [2.75, 3.05) is 19.3 Å². The quantitative estimate of drug-likeness (QED) is 0.310. The molecule has 4 heterocycles. The van der Waals surface area contributed by atoms with Crippen LogP contribution in [-0.2, 0) is 9.53 Å². The summed E-state index contributed by atoms with van der Waals surface area (Å²) in [6.07, 6.45) is 1.39. The SMILES string of the molecule is CNC(=O)[C@H]1O[C@@H](n2cnc3c(N)nc(C#CCN(C(=O)c4cnco4)C4CCC4)nc32)[C@H](O)[C@@H]1O. The molecule has 5 rings (SSSR count). The number of oxazole rings is 1. The van der Waals surface area contributed by atoms with Crippen LogP contribution in [0.2, 0.25) is 0 Å². The second kappa shape index (κ2) is 9.53. The molecule has 2 aliphatic rings. The summed E-state index contributed by atoms with van der Waals surface area (Å²) >= 11 is 0. The zero-order valence-electron chi connectivity index (χ0n) is 19.2. The van der Waals surface area contributed by atoms with Crippen LogP contribution in [0.25, 0.3) is 11.2 Å². The molecule has 1 aliphatic carbocycles. The molecule has 3 aromatic rings. The van der Waals surface area contributed by atoms with Crippen molar-refractivity contribution in [2.24, 2.45) is 0 Å². The predicted molar refractivity (Wildman–Crippen MR) is 122 cm³/mol. The summed E-state index contributed by atoms with van der Waals surface area (Å²) in [6.45, 7) is 0.120. The Hall–Kier alpha value is -4.06. The van der Waals surface area contributed by atoms with Gasteiger partial charge in [-0.05, 0) is 25.2 Å². The lowest BCUT2D eigenvalue weighted by molar-refractivity contribution is -0.137. The van der Waals surface area contributed by atoms with Crippen LogP contribution in [-0.4, -0.2) is 89.4 Å². The number of imidazole rings is 1. The number of ether oxygens (including phenoxy) is 1. The number of aliphatic hydroxyl groups excluding tert-OH is 2. The number of amides is 2. The number of nitrogens with one attached hydrogen (secondary N) is 1. The number of fused-ring (bicyclic) bond motifs is 1. The third-order valence-corrected chi connectivity index (χ3v) is 6.33. The summed E-state index contributed by atoms with van der Waals surface area (Å²) in [7, 11) is 1.40. The van der Waals surface area contributed by atoms with E-state index in [1.54, 1.807) is 4.90 Å². The molecule has 36 heavy (non-hydrogen) atoms. The first-order chi connectivity index (χ1) is 17.4. The molecule has 1 aliphatic heterocycles. The zero-order chi connectivity index (χ0) is 25.4. The average Bonchev–Trinajstić information content (AvgIpc) is 3.57. The number of nitrogens with two attached hydrogens (primary N) is 1. The predicted octanol–water partition coefficient (Wildman–Crippen LogP) is -1.19. The first-order valence-electron chi connectivity index (χ1n) is 11.3. The lowest BCUT2D eigenvalue weighted by atomic mass is 9.91. The molecule has 0 spiro atoms. The van der Waals surface area contributed by atoms with Gasteiger partial charge in [0.05, 0.1) is 19.1 Å². The van der Waals surface area contributed by atoms with E-state index in [2.05, 4.69) is 37.1 Å². The Morgan fingerprint density at radius 1 is 1.31 bits per heavy atom. The summed E-state index contributed by atoms with van der Waals surface area (Å²) < 4.78 is 12.1. The third-order valence-electron chi connectivity index (χ3n) is 6.33. The Balaban J connectivity index is 1.41. The van der Waals surface area contributed by atoms with Crippen LogP contribution in [0.4, 0.5) is 5.82 Å². The van der Waals surface area contributed by atoms with Crippen molar-refractivity contribution < 1.29 is 29.0 Å². The number of aromatic nitrogens is 5. The monoisotopic (exact) mass is 496 g/mol. The van der Waals surface area contributed by atoms with E-state index in [1.165, 1.54) is 30.5 Å². The van der Waals surface area contributed by atoms with E-state index in [4.69, 9.17) is 14.9 Å². The first-order valence-corrected chi connectivity index (χ1v) is 11.3. The number of nitrogen functional groups attached to an aromatic ring is 1. The molecule has 2 fully saturated rings. The van der Waals surface area contributed by atoms with E-state index in [-0.39, 0.29) is 47.1 Å². The highest BCUT2D eigenvalue weighted by atomic mass is 16.6. The smallest absolute Gasteiger partial charge is 0.292 e. The molecule has 3 aromatic heterocycles. The number of hydrogen-bond donors (Lipinski definition) is 4. The van der Waals surface area contributed by atoms with Gasteiger partial charge in [0.1, 0.15) is 17.7 Å². The van der Waals surface area contributed by atoms with Gasteiger partial charge in [0.25, 0.3) is 11.8 Å². The van der Waals surface area contributed by atoms with Crippen molar-refractivity contribution in [3.05, 3.63) is 30.5 Å². The topological polar surface area (TPSA) is 195 Å². The second-order valence-electron chi connectivity index (χ2n) is 8.48. The molecule has 1 saturated heterocycles. The standard InChI is InChI=1S/C22H24N8O6/c1-24-20(33)17-15(31)16(32)22(36-17)30-9-26-14-18(23)27-13(28-19(14)30)6-3-7-29(11-4-2-5-11)21(34)12-8-25-10-35-12/h8-11,15-17,22,31-32H,2,4-5,7H2,1H3,(H,24,33)(H2,23,27,28)/t15-,16+,17-,22+/m0/s1. The summed E-state index contributed by atoms with van der Waals surface area (Å²) in [4.78, 5) is 43.0. The van der Waals surface area contributed by atoms with Gasteiger partial charge < -0.3 is 35.3 Å². The molecule has 5 N–H and O–H groups in total. The van der Waals surface area contributed by atoms with E-state index in [9.17, 15) is 19.8 Å². The third kappa shape index (κ3) is 4.13. The highest BCUT2D eigenvalue weighted by Gasteiger charge is 2.47. The molecule has 0 radical (unpaired) electrons. The number of aliphatic hydroxyl groups is 2. The van der Waals surface area contributed by atoms with Gasteiger partial charge in [-0.25, -0.2) is 19.9 Å². The molecule has 14 nitrogen and oxygen atoms in total. The van der Waals surface area contributed by atoms with Crippen molar-refractivity contribution in [1.82, 2.24) is 34.7 Å². The fourth-order valence-corrected chi connectivity index (χ4v) is 4.16. The minimum Gasteiger partial charge on any atom is -0.438 e. The van der Waals surface area contributed by atoms with Crippen molar-refractivity contribution >= 4 is 28.8 Å². The maximum absolute atomic E-state index is 12.8. The van der Waals surface area contributed by atoms with Crippen molar-refractivity contribution in [2.45, 2.75) is 49.8 Å². The van der Waals surface area contributed by atoms with Gasteiger partial charge in [0.2, 0.25) is 11.6 Å². The Morgan fingerprint density at radius 2 is 2.11 bits per heavy atom. The molecular formula is C22H24N8O6. The van der Waals surface area contributed by atoms with Crippen molar-refractivity contribution in [3.8, 4) is 11.8 Å². The fourth-order valence-electron chi connectivity index (χ4n) is 4.16. The van der Waals surface area contributed by atoms with Gasteiger partial charge in [-0.1, -0.05) is 5.92 Å². The lowest BCUT2D eigenvalue weighted by Gasteiger charge is -2.35. The number of carbonyl (C=O) groups excluding carboxylic acids is 2. The number of hydrogen-bond acceptors (Lipinski definition) is 11. The maximum atomic E-state index is 12.8. The van der Waals surface area contributed by atoms with Crippen LogP contribution < -0.4 is 11.1 Å². The number of carbonyl (C=O) groups is 2. The van der Waals surface area contributed by atoms with Gasteiger partial charge in [-0.3, -0.25) is 14.2 Å². The van der Waals surface area contributed by atoms with Crippen LogP contribution in [0.1, 0.15) is 41.9 Å². The van der Waals surface area contributed by atoms with E-state index >= 15 is 0 Å². The fraction of sp³-hybridized carbons (Fsp3) is 0.455. The number of rotatable bonds is 5. The Labute approximate surface area is 204 Å². The van der Waals surface area contributed by atoms with Gasteiger partial charge in [-0.2, -0.15) is 0 Å². The Bertz CT molecular complexity index is 1340. The van der Waals surface area contributed by atoms with E-state index in [0.717, 1.165) is 19.3 Å². The van der Waals surface area contributed by atoms with Crippen LogP contribution in [0.3, 0.4) is 0 Å². The molecular weight excluding hydrogens is 472 g/mol. The highest BCUT2D eigenvalue weighted by Crippen LogP contribution is 2.32. The summed E-state index contributed by atoms with van der Waals surface area (Å²) in [5.41, 5.74) is 6.50. The maximum Gasteiger partial charge on any atom is 0.292 e. The molecule has 14 heteroatoms. The normalized spacial score (nSPS) is 23.6. The molecule has 188 valence electrons. The molecule has 0 bridgehead atoms. The largest absolute Gasteiger partial charge is 0.438 e. The Kier molecular flexibility index (Phi) is 6.27. The molecule has 1 saturated carbocycles. The van der Waals surface area contributed by atoms with Gasteiger partial charge >= 0.3 is 0 Å². The van der Waals surface area contributed by atoms with Crippen LogP contribution in [0, 0.1) is 11.8 Å². The van der Waals surface area contributed by atoms with E-state index < -0.39 is 30.4 Å². The second-order valence-corrected chi connectivity index (χ2v) is 8.48. The van der Waals surface area contributed by atoms with Crippen LogP contribution in [0.5, 0.6) is 0 Å². The van der Waals surface area contributed by atoms with Crippen molar-refractivity contribution in [1.29, 1.82) is 0 Å². The van der Waals surface area contributed by atoms with Gasteiger partial charge in [-0.15, -0.1) is 0 Å². The lowest BCUT2D eigenvalue weighted by Crippen LogP contribution is -2.44. The minimum atomic E-state index is -1.45. The number of anilines is 1. The molecule has 0 aromatic carbocycles. The summed E-state index contributed by atoms with van der Waals surface area (Å²) in [6, 6.07) is 0.0625. The summed E-state index contributed by atoms with van der Waals surface area (Å²) in [5.74, 6) is 5.13. The number of likely N-dealkylation sites (N-methyl/N-ethyl adjacent to an activating group) is 1. The Morgan fingerprint density at radius 3 is 2.78 bits per heavy atom. The van der Waals surface area contributed by atoms with Crippen LogP contribution >= 0.6 is 0 Å². The van der Waals surface area contributed by atoms with Gasteiger partial charge in [0.15, 0.2) is 30.2 Å². The zero-order valence-corrected chi connectivity index (χ0v) is 19.2. The highest BCUT2D eigenvalue weighted by molar-refractivity contribution is 5.91. The minimum absolute atomic E-state index is 0.0486. The van der Waals surface area contributed by atoms with Gasteiger partial charge in [0, 0.05) is 13.1 Å². The number of nitrogens with zero attached hydrogens (tertiary/aromatic N) is 6. The van der Waals surface area contributed by atoms with E-state index in [1.807, 2.05) is 0 Å². The average molecular weight is 496 g/mol. The molecule has 0 unspecified atom stereocenters. The molecule has 4 atom stereocenters. The van der Waals surface area contributed by atoms with E-state index in [0.29, 0.717) is 0 Å². The molecule has 2 amide bonds. The summed E-state index contributed by atoms with van der Waals surface area (Å²) in [5, 5.41) is 23.2. The van der Waals surface area contributed by atoms with Crippen LogP contribution in [0.15, 0.2) is 23.3 Å². The van der Waals surface area contributed by atoms with Crippen molar-refractivity contribution in [3.63, 3.8) is 0 Å².